The van der Waals surface area contributed by atoms with Gasteiger partial charge in [-0.1, -0.05) is 24.3 Å². The van der Waals surface area contributed by atoms with E-state index in [2.05, 4.69) is 10.3 Å². The predicted octanol–water partition coefficient (Wildman–Crippen LogP) is 2.84. The van der Waals surface area contributed by atoms with Crippen molar-refractivity contribution in [1.82, 2.24) is 4.98 Å². The second kappa shape index (κ2) is 5.30. The Bertz CT molecular complexity index is 502. The third-order valence-electron chi connectivity index (χ3n) is 2.37. The van der Waals surface area contributed by atoms with Crippen molar-refractivity contribution in [2.45, 2.75) is 6.54 Å². The number of nitrogens with one attached hydrogen (secondary N) is 1. The number of rotatable bonds is 4. The highest BCUT2D eigenvalue weighted by Crippen LogP contribution is 2.18. The van der Waals surface area contributed by atoms with E-state index in [1.54, 1.807) is 19.2 Å². The number of halogens is 1. The van der Waals surface area contributed by atoms with Gasteiger partial charge in [0.15, 0.2) is 0 Å². The van der Waals surface area contributed by atoms with Crippen LogP contribution in [-0.2, 0) is 6.54 Å². The number of nitrogens with zero attached hydrogens (tertiary/aromatic N) is 1. The summed E-state index contributed by atoms with van der Waals surface area (Å²) in [4.78, 5) is 3.73. The van der Waals surface area contributed by atoms with Crippen molar-refractivity contribution in [1.29, 1.82) is 0 Å². The van der Waals surface area contributed by atoms with E-state index < -0.39 is 5.95 Å². The number of anilines is 1. The van der Waals surface area contributed by atoms with Gasteiger partial charge in [0.25, 0.3) is 0 Å². The molecule has 88 valence electrons. The van der Waals surface area contributed by atoms with Crippen LogP contribution in [0.3, 0.4) is 0 Å². The number of para-hydroxylation sites is 1. The average Bonchev–Trinajstić information content (AvgIpc) is 2.37. The largest absolute Gasteiger partial charge is 0.496 e. The minimum Gasteiger partial charge on any atom is -0.496 e. The Morgan fingerprint density at radius 2 is 2.00 bits per heavy atom. The number of ether oxygens (including phenoxy) is 1. The number of pyridine rings is 1. The van der Waals surface area contributed by atoms with Crippen molar-refractivity contribution in [2.24, 2.45) is 0 Å². The van der Waals surface area contributed by atoms with Gasteiger partial charge in [-0.2, -0.15) is 4.39 Å². The van der Waals surface area contributed by atoms with Crippen LogP contribution in [0.25, 0.3) is 0 Å². The fraction of sp³-hybridized carbons (Fsp3) is 0.154. The zero-order valence-corrected chi connectivity index (χ0v) is 9.48. The Hall–Kier alpha value is -2.10. The zero-order valence-electron chi connectivity index (χ0n) is 9.48. The van der Waals surface area contributed by atoms with Crippen molar-refractivity contribution in [3.05, 3.63) is 54.0 Å². The molecule has 1 aromatic carbocycles. The van der Waals surface area contributed by atoms with Gasteiger partial charge < -0.3 is 10.1 Å². The van der Waals surface area contributed by atoms with Gasteiger partial charge in [0, 0.05) is 12.1 Å². The Morgan fingerprint density at radius 3 is 2.76 bits per heavy atom. The molecule has 2 aromatic rings. The number of hydrogen-bond acceptors (Lipinski definition) is 3. The fourth-order valence-corrected chi connectivity index (χ4v) is 1.54. The number of methoxy groups -OCH3 is 1. The molecule has 1 aromatic heterocycles. The lowest BCUT2D eigenvalue weighted by atomic mass is 10.2. The van der Waals surface area contributed by atoms with E-state index in [9.17, 15) is 4.39 Å². The second-order valence-corrected chi connectivity index (χ2v) is 3.51. The summed E-state index contributed by atoms with van der Waals surface area (Å²) in [6, 6.07) is 12.3. The van der Waals surface area contributed by atoms with Gasteiger partial charge in [0.05, 0.1) is 7.11 Å². The summed E-state index contributed by atoms with van der Waals surface area (Å²) in [5, 5.41) is 3.05. The molecule has 0 fully saturated rings. The van der Waals surface area contributed by atoms with E-state index in [1.165, 1.54) is 6.07 Å². The Kier molecular flexibility index (Phi) is 3.55. The highest BCUT2D eigenvalue weighted by Gasteiger charge is 2.02. The first-order valence-electron chi connectivity index (χ1n) is 5.28. The SMILES string of the molecule is COc1ccccc1CNc1cccc(F)n1. The van der Waals surface area contributed by atoms with Crippen LogP contribution >= 0.6 is 0 Å². The monoisotopic (exact) mass is 232 g/mol. The molecule has 0 aliphatic rings. The van der Waals surface area contributed by atoms with Crippen molar-refractivity contribution >= 4 is 5.82 Å². The average molecular weight is 232 g/mol. The van der Waals surface area contributed by atoms with Crippen LogP contribution in [0, 0.1) is 5.95 Å². The zero-order chi connectivity index (χ0) is 12.1. The lowest BCUT2D eigenvalue weighted by molar-refractivity contribution is 0.410. The molecule has 0 spiro atoms. The van der Waals surface area contributed by atoms with Crippen molar-refractivity contribution in [3.63, 3.8) is 0 Å². The summed E-state index contributed by atoms with van der Waals surface area (Å²) in [6.07, 6.45) is 0. The minimum absolute atomic E-state index is 0.491. The summed E-state index contributed by atoms with van der Waals surface area (Å²) < 4.78 is 18.1. The van der Waals surface area contributed by atoms with Crippen LogP contribution in [0.5, 0.6) is 5.75 Å². The molecule has 0 radical (unpaired) electrons. The molecule has 0 saturated carbocycles. The lowest BCUT2D eigenvalue weighted by Gasteiger charge is -2.09. The first kappa shape index (κ1) is 11.4. The standard InChI is InChI=1S/C13H13FN2O/c1-17-11-6-3-2-5-10(11)9-15-13-8-4-7-12(14)16-13/h2-8H,9H2,1H3,(H,15,16). The molecule has 17 heavy (non-hydrogen) atoms. The number of hydrogen-bond donors (Lipinski definition) is 1. The van der Waals surface area contributed by atoms with Crippen molar-refractivity contribution < 1.29 is 9.13 Å². The van der Waals surface area contributed by atoms with Crippen LogP contribution in [0.2, 0.25) is 0 Å². The van der Waals surface area contributed by atoms with Gasteiger partial charge >= 0.3 is 0 Å². The number of aromatic nitrogens is 1. The van der Waals surface area contributed by atoms with Gasteiger partial charge in [-0.3, -0.25) is 0 Å². The Labute approximate surface area is 99.3 Å². The summed E-state index contributed by atoms with van der Waals surface area (Å²) in [5.74, 6) is 0.822. The summed E-state index contributed by atoms with van der Waals surface area (Å²) in [7, 11) is 1.62. The van der Waals surface area contributed by atoms with Gasteiger partial charge in [-0.15, -0.1) is 0 Å². The first-order chi connectivity index (χ1) is 8.29. The molecule has 4 heteroatoms. The molecular weight excluding hydrogens is 219 g/mol. The smallest absolute Gasteiger partial charge is 0.214 e. The minimum atomic E-state index is -0.491. The maximum atomic E-state index is 12.9. The van der Waals surface area contributed by atoms with E-state index in [0.29, 0.717) is 12.4 Å². The van der Waals surface area contributed by atoms with Gasteiger partial charge in [0.2, 0.25) is 5.95 Å². The van der Waals surface area contributed by atoms with Crippen LogP contribution in [-0.4, -0.2) is 12.1 Å². The van der Waals surface area contributed by atoms with E-state index >= 15 is 0 Å². The third kappa shape index (κ3) is 2.93. The first-order valence-corrected chi connectivity index (χ1v) is 5.28. The molecule has 0 unspecified atom stereocenters. The molecule has 0 amide bonds. The van der Waals surface area contributed by atoms with Crippen LogP contribution in [0.15, 0.2) is 42.5 Å². The fourth-order valence-electron chi connectivity index (χ4n) is 1.54. The van der Waals surface area contributed by atoms with Gasteiger partial charge in [0.1, 0.15) is 11.6 Å². The predicted molar refractivity (Wildman–Crippen MR) is 64.5 cm³/mol. The second-order valence-electron chi connectivity index (χ2n) is 3.51. The molecule has 3 nitrogen and oxygen atoms in total. The van der Waals surface area contributed by atoms with Gasteiger partial charge in [-0.05, 0) is 18.2 Å². The molecule has 1 heterocycles. The maximum Gasteiger partial charge on any atom is 0.214 e. The highest BCUT2D eigenvalue weighted by atomic mass is 19.1. The summed E-state index contributed by atoms with van der Waals surface area (Å²) in [5.41, 5.74) is 1.00. The molecule has 0 aliphatic heterocycles. The Balaban J connectivity index is 2.07. The molecule has 1 N–H and O–H groups in total. The van der Waals surface area contributed by atoms with E-state index in [1.807, 2.05) is 24.3 Å². The quantitative estimate of drug-likeness (QED) is 0.823. The summed E-state index contributed by atoms with van der Waals surface area (Å²) >= 11 is 0. The Morgan fingerprint density at radius 1 is 1.18 bits per heavy atom. The number of benzene rings is 1. The van der Waals surface area contributed by atoms with E-state index in [0.717, 1.165) is 11.3 Å². The maximum absolute atomic E-state index is 12.9. The highest BCUT2D eigenvalue weighted by molar-refractivity contribution is 5.39. The molecule has 0 saturated heterocycles. The molecule has 0 aliphatic carbocycles. The lowest BCUT2D eigenvalue weighted by Crippen LogP contribution is -2.03. The van der Waals surface area contributed by atoms with Crippen LogP contribution in [0.4, 0.5) is 10.2 Å². The van der Waals surface area contributed by atoms with E-state index in [4.69, 9.17) is 4.74 Å². The van der Waals surface area contributed by atoms with Crippen LogP contribution in [0.1, 0.15) is 5.56 Å². The van der Waals surface area contributed by atoms with Gasteiger partial charge in [-0.25, -0.2) is 4.98 Å². The topological polar surface area (TPSA) is 34.1 Å². The molecule has 0 bridgehead atoms. The normalized spacial score (nSPS) is 10.0. The van der Waals surface area contributed by atoms with Crippen LogP contribution < -0.4 is 10.1 Å². The van der Waals surface area contributed by atoms with Crippen molar-refractivity contribution in [3.8, 4) is 5.75 Å². The third-order valence-corrected chi connectivity index (χ3v) is 2.37. The molecule has 2 rings (SSSR count). The van der Waals surface area contributed by atoms with Crippen molar-refractivity contribution in [2.75, 3.05) is 12.4 Å². The molecule has 0 atom stereocenters. The summed E-state index contributed by atoms with van der Waals surface area (Å²) in [6.45, 7) is 0.542. The van der Waals surface area contributed by atoms with E-state index in [-0.39, 0.29) is 0 Å². The molecular formula is C13H13FN2O.